The van der Waals surface area contributed by atoms with Gasteiger partial charge in [0.1, 0.15) is 15.6 Å². The highest BCUT2D eigenvalue weighted by Gasteiger charge is 2.39. The Labute approximate surface area is 132 Å². The van der Waals surface area contributed by atoms with Crippen molar-refractivity contribution in [2.75, 3.05) is 0 Å². The van der Waals surface area contributed by atoms with E-state index in [9.17, 15) is 9.90 Å². The van der Waals surface area contributed by atoms with Crippen molar-refractivity contribution < 1.29 is 9.90 Å². The Morgan fingerprint density at radius 1 is 1.32 bits per heavy atom. The zero-order chi connectivity index (χ0) is 15.1. The number of hydrogen-bond donors (Lipinski definition) is 3. The third-order valence-electron chi connectivity index (χ3n) is 4.46. The fourth-order valence-corrected chi connectivity index (χ4v) is 4.16. The van der Waals surface area contributed by atoms with Crippen LogP contribution in [0.5, 0.6) is 5.75 Å². The quantitative estimate of drug-likeness (QED) is 0.811. The van der Waals surface area contributed by atoms with Crippen molar-refractivity contribution in [2.45, 2.75) is 37.4 Å². The van der Waals surface area contributed by atoms with Crippen LogP contribution in [0, 0.1) is 0 Å². The monoisotopic (exact) mass is 315 g/mol. The number of nitrogens with one attached hydrogen (secondary N) is 2. The number of hydrogen-bond acceptors (Lipinski definition) is 5. The number of nitrogens with zero attached hydrogens (tertiary/aromatic N) is 1. The average molecular weight is 315 g/mol. The molecule has 22 heavy (non-hydrogen) atoms. The predicted molar refractivity (Wildman–Crippen MR) is 85.0 cm³/mol. The van der Waals surface area contributed by atoms with Crippen molar-refractivity contribution in [3.05, 3.63) is 35.3 Å². The van der Waals surface area contributed by atoms with E-state index in [0.29, 0.717) is 17.0 Å². The molecular weight excluding hydrogens is 298 g/mol. The summed E-state index contributed by atoms with van der Waals surface area (Å²) in [7, 11) is 0. The molecule has 2 bridgehead atoms. The number of aromatic nitrogens is 1. The van der Waals surface area contributed by atoms with E-state index >= 15 is 0 Å². The molecule has 0 aliphatic carbocycles. The minimum absolute atomic E-state index is 0.0399. The zero-order valence-corrected chi connectivity index (χ0v) is 12.8. The molecule has 0 saturated carbocycles. The fourth-order valence-electron chi connectivity index (χ4n) is 3.34. The summed E-state index contributed by atoms with van der Waals surface area (Å²) < 4.78 is 0. The van der Waals surface area contributed by atoms with E-state index in [-0.39, 0.29) is 17.7 Å². The van der Waals surface area contributed by atoms with E-state index in [4.69, 9.17) is 0 Å². The highest BCUT2D eigenvalue weighted by molar-refractivity contribution is 7.16. The van der Waals surface area contributed by atoms with Crippen LogP contribution in [-0.4, -0.2) is 34.1 Å². The van der Waals surface area contributed by atoms with Gasteiger partial charge in [0.15, 0.2) is 0 Å². The number of thiazole rings is 1. The van der Waals surface area contributed by atoms with Gasteiger partial charge in [0.05, 0.1) is 6.20 Å². The number of benzene rings is 1. The summed E-state index contributed by atoms with van der Waals surface area (Å²) in [4.78, 5) is 17.3. The molecule has 114 valence electrons. The molecule has 1 aromatic heterocycles. The van der Waals surface area contributed by atoms with E-state index in [1.54, 1.807) is 30.5 Å². The van der Waals surface area contributed by atoms with Crippen LogP contribution in [0.4, 0.5) is 0 Å². The summed E-state index contributed by atoms with van der Waals surface area (Å²) in [6.07, 6.45) is 5.03. The molecular formula is C16H17N3O2S. The Hall–Kier alpha value is -1.92. The second-order valence-corrected chi connectivity index (χ2v) is 6.97. The van der Waals surface area contributed by atoms with Gasteiger partial charge in [-0.2, -0.15) is 0 Å². The van der Waals surface area contributed by atoms with Crippen molar-refractivity contribution in [1.82, 2.24) is 15.6 Å². The van der Waals surface area contributed by atoms with Crippen LogP contribution in [0.25, 0.3) is 10.6 Å². The number of fused-ring (bicyclic) bond motifs is 2. The molecule has 2 fully saturated rings. The third kappa shape index (κ3) is 2.48. The van der Waals surface area contributed by atoms with E-state index in [0.717, 1.165) is 23.4 Å². The van der Waals surface area contributed by atoms with Crippen LogP contribution >= 0.6 is 11.3 Å². The molecule has 6 heteroatoms. The van der Waals surface area contributed by atoms with Gasteiger partial charge in [0.25, 0.3) is 5.91 Å². The Kier molecular flexibility index (Phi) is 3.35. The smallest absolute Gasteiger partial charge is 0.263 e. The summed E-state index contributed by atoms with van der Waals surface area (Å²) in [5.74, 6) is 0.184. The molecule has 2 aliphatic heterocycles. The number of carbonyl (C=O) groups excluding carboxylic acids is 1. The van der Waals surface area contributed by atoms with Gasteiger partial charge in [-0.25, -0.2) is 4.98 Å². The molecule has 0 radical (unpaired) electrons. The minimum Gasteiger partial charge on any atom is -0.508 e. The summed E-state index contributed by atoms with van der Waals surface area (Å²) >= 11 is 1.38. The number of phenolic OH excluding ortho intramolecular Hbond substituents is 1. The van der Waals surface area contributed by atoms with Gasteiger partial charge in [0.2, 0.25) is 0 Å². The van der Waals surface area contributed by atoms with Gasteiger partial charge in [0, 0.05) is 23.7 Å². The summed E-state index contributed by atoms with van der Waals surface area (Å²) in [6.45, 7) is 0. The predicted octanol–water partition coefficient (Wildman–Crippen LogP) is 2.14. The van der Waals surface area contributed by atoms with Crippen molar-refractivity contribution in [2.24, 2.45) is 0 Å². The van der Waals surface area contributed by atoms with Crippen LogP contribution < -0.4 is 10.6 Å². The molecule has 4 rings (SSSR count). The van der Waals surface area contributed by atoms with Crippen LogP contribution in [0.1, 0.15) is 28.9 Å². The van der Waals surface area contributed by atoms with Gasteiger partial charge >= 0.3 is 0 Å². The van der Waals surface area contributed by atoms with Gasteiger partial charge in [-0.15, -0.1) is 11.3 Å². The Morgan fingerprint density at radius 2 is 2.14 bits per heavy atom. The molecule has 5 nitrogen and oxygen atoms in total. The lowest BCUT2D eigenvalue weighted by atomic mass is 9.95. The number of aromatic hydroxyl groups is 1. The average Bonchev–Trinajstić information content (AvgIpc) is 3.24. The van der Waals surface area contributed by atoms with Crippen LogP contribution in [0.15, 0.2) is 30.5 Å². The molecule has 3 atom stereocenters. The number of phenols is 1. The molecule has 2 aliphatic rings. The van der Waals surface area contributed by atoms with E-state index < -0.39 is 0 Å². The first kappa shape index (κ1) is 13.7. The SMILES string of the molecule is O=C(NC1CC2CCC1N2)c1cnc(-c2ccc(O)cc2)s1. The second kappa shape index (κ2) is 5.37. The fraction of sp³-hybridized carbons (Fsp3) is 0.375. The molecule has 3 unspecified atom stereocenters. The van der Waals surface area contributed by atoms with Gasteiger partial charge in [-0.05, 0) is 43.5 Å². The normalized spacial score (nSPS) is 26.3. The Balaban J connectivity index is 1.46. The molecule has 1 amide bonds. The van der Waals surface area contributed by atoms with E-state index in [1.807, 2.05) is 0 Å². The first-order chi connectivity index (χ1) is 10.7. The van der Waals surface area contributed by atoms with Crippen LogP contribution in [0.2, 0.25) is 0 Å². The lowest BCUT2D eigenvalue weighted by Crippen LogP contribution is -2.42. The number of carbonyl (C=O) groups is 1. The maximum Gasteiger partial charge on any atom is 0.263 e. The zero-order valence-electron chi connectivity index (χ0n) is 12.0. The largest absolute Gasteiger partial charge is 0.508 e. The minimum atomic E-state index is -0.0399. The highest BCUT2D eigenvalue weighted by atomic mass is 32.1. The van der Waals surface area contributed by atoms with Crippen molar-refractivity contribution in [1.29, 1.82) is 0 Å². The van der Waals surface area contributed by atoms with Crippen LogP contribution in [0.3, 0.4) is 0 Å². The van der Waals surface area contributed by atoms with Gasteiger partial charge in [-0.1, -0.05) is 0 Å². The van der Waals surface area contributed by atoms with E-state index in [1.165, 1.54) is 17.8 Å². The van der Waals surface area contributed by atoms with Crippen molar-refractivity contribution in [3.63, 3.8) is 0 Å². The van der Waals surface area contributed by atoms with Crippen molar-refractivity contribution >= 4 is 17.2 Å². The van der Waals surface area contributed by atoms with Crippen molar-refractivity contribution in [3.8, 4) is 16.3 Å². The van der Waals surface area contributed by atoms with Gasteiger partial charge in [-0.3, -0.25) is 4.79 Å². The van der Waals surface area contributed by atoms with E-state index in [2.05, 4.69) is 15.6 Å². The Morgan fingerprint density at radius 3 is 2.82 bits per heavy atom. The van der Waals surface area contributed by atoms with Gasteiger partial charge < -0.3 is 15.7 Å². The van der Waals surface area contributed by atoms with Crippen LogP contribution in [-0.2, 0) is 0 Å². The first-order valence-electron chi connectivity index (χ1n) is 7.51. The number of amides is 1. The first-order valence-corrected chi connectivity index (χ1v) is 8.33. The summed E-state index contributed by atoms with van der Waals surface area (Å²) in [5.41, 5.74) is 0.906. The summed E-state index contributed by atoms with van der Waals surface area (Å²) in [5, 5.41) is 16.8. The lowest BCUT2D eigenvalue weighted by Gasteiger charge is -2.20. The molecule has 1 aromatic carbocycles. The topological polar surface area (TPSA) is 74.2 Å². The summed E-state index contributed by atoms with van der Waals surface area (Å²) in [6, 6.07) is 8.09. The third-order valence-corrected chi connectivity index (χ3v) is 5.51. The maximum absolute atomic E-state index is 12.4. The standard InChI is InChI=1S/C16H17N3O2S/c20-11-4-1-9(2-5-11)16-17-8-14(22-16)15(21)19-13-7-10-3-6-12(13)18-10/h1-2,4-5,8,10,12-13,18,20H,3,6-7H2,(H,19,21). The molecule has 2 saturated heterocycles. The highest BCUT2D eigenvalue weighted by Crippen LogP contribution is 2.30. The number of rotatable bonds is 3. The maximum atomic E-state index is 12.4. The molecule has 3 heterocycles. The Bertz CT molecular complexity index is 698. The second-order valence-electron chi connectivity index (χ2n) is 5.94. The lowest BCUT2D eigenvalue weighted by molar-refractivity contribution is 0.0935. The molecule has 2 aromatic rings. The molecule has 0 spiro atoms. The molecule has 3 N–H and O–H groups in total.